The maximum atomic E-state index is 12.7. The number of rotatable bonds is 5. The Balaban J connectivity index is 2.05. The monoisotopic (exact) mass is 365 g/mol. The molecule has 2 amide bonds. The SMILES string of the molecule is CC(C)CCn1cnc(C(O)C2CCCN(C(=O)OC(C)(C)C)C2=O)c1. The summed E-state index contributed by atoms with van der Waals surface area (Å²) in [5, 5.41) is 10.7. The highest BCUT2D eigenvalue weighted by Crippen LogP contribution is 2.30. The lowest BCUT2D eigenvalue weighted by molar-refractivity contribution is -0.142. The summed E-state index contributed by atoms with van der Waals surface area (Å²) in [6, 6.07) is 0. The quantitative estimate of drug-likeness (QED) is 0.866. The van der Waals surface area contributed by atoms with Crippen LogP contribution >= 0.6 is 0 Å². The molecular weight excluding hydrogens is 334 g/mol. The number of imide groups is 1. The normalized spacial score (nSPS) is 19.7. The summed E-state index contributed by atoms with van der Waals surface area (Å²) in [4.78, 5) is 30.4. The maximum absolute atomic E-state index is 12.7. The van der Waals surface area contributed by atoms with E-state index in [1.54, 1.807) is 33.3 Å². The summed E-state index contributed by atoms with van der Waals surface area (Å²) in [6.45, 7) is 10.7. The van der Waals surface area contributed by atoms with Crippen molar-refractivity contribution in [3.63, 3.8) is 0 Å². The predicted molar refractivity (Wildman–Crippen MR) is 97.3 cm³/mol. The Morgan fingerprint density at radius 2 is 2.12 bits per heavy atom. The molecule has 1 N–H and O–H groups in total. The molecule has 0 spiro atoms. The van der Waals surface area contributed by atoms with E-state index in [-0.39, 0.29) is 0 Å². The first-order valence-electron chi connectivity index (χ1n) is 9.32. The highest BCUT2D eigenvalue weighted by Gasteiger charge is 2.39. The molecule has 0 aromatic carbocycles. The molecule has 2 rings (SSSR count). The number of aliphatic hydroxyl groups is 1. The van der Waals surface area contributed by atoms with Crippen molar-refractivity contribution in [3.8, 4) is 0 Å². The van der Waals surface area contributed by atoms with E-state index in [1.165, 1.54) is 0 Å². The van der Waals surface area contributed by atoms with E-state index < -0.39 is 29.6 Å². The number of amides is 2. The molecule has 1 aromatic heterocycles. The minimum atomic E-state index is -1.02. The number of aromatic nitrogens is 2. The van der Waals surface area contributed by atoms with Gasteiger partial charge in [-0.15, -0.1) is 0 Å². The van der Waals surface area contributed by atoms with Crippen LogP contribution in [0.4, 0.5) is 4.79 Å². The average molecular weight is 365 g/mol. The summed E-state index contributed by atoms with van der Waals surface area (Å²) < 4.78 is 7.23. The van der Waals surface area contributed by atoms with Gasteiger partial charge in [0.1, 0.15) is 11.7 Å². The molecule has 2 unspecified atom stereocenters. The second kappa shape index (κ2) is 8.20. The van der Waals surface area contributed by atoms with E-state index in [9.17, 15) is 14.7 Å². The number of hydrogen-bond acceptors (Lipinski definition) is 5. The fourth-order valence-corrected chi connectivity index (χ4v) is 2.96. The average Bonchev–Trinajstić information content (AvgIpc) is 2.99. The smallest absolute Gasteiger partial charge is 0.417 e. The molecule has 1 aromatic rings. The number of likely N-dealkylation sites (tertiary alicyclic amines) is 1. The number of ether oxygens (including phenoxy) is 1. The van der Waals surface area contributed by atoms with Crippen LogP contribution in [0.25, 0.3) is 0 Å². The molecule has 1 aliphatic heterocycles. The lowest BCUT2D eigenvalue weighted by Gasteiger charge is -2.33. The minimum absolute atomic E-state index is 0.319. The van der Waals surface area contributed by atoms with E-state index in [4.69, 9.17) is 4.74 Å². The summed E-state index contributed by atoms with van der Waals surface area (Å²) in [5.41, 5.74) is -0.198. The van der Waals surface area contributed by atoms with Crippen molar-refractivity contribution in [2.45, 2.75) is 72.1 Å². The van der Waals surface area contributed by atoms with Gasteiger partial charge in [-0.2, -0.15) is 0 Å². The van der Waals surface area contributed by atoms with Crippen LogP contribution < -0.4 is 0 Å². The van der Waals surface area contributed by atoms with Gasteiger partial charge in [0.15, 0.2) is 0 Å². The van der Waals surface area contributed by atoms with Gasteiger partial charge in [-0.3, -0.25) is 4.79 Å². The molecule has 1 saturated heterocycles. The van der Waals surface area contributed by atoms with E-state index in [2.05, 4.69) is 18.8 Å². The molecule has 1 aliphatic rings. The Hall–Kier alpha value is -1.89. The Morgan fingerprint density at radius 1 is 1.42 bits per heavy atom. The fourth-order valence-electron chi connectivity index (χ4n) is 2.96. The first-order chi connectivity index (χ1) is 12.1. The molecule has 26 heavy (non-hydrogen) atoms. The van der Waals surface area contributed by atoms with Crippen LogP contribution in [-0.4, -0.2) is 43.7 Å². The van der Waals surface area contributed by atoms with Crippen LogP contribution in [0.3, 0.4) is 0 Å². The van der Waals surface area contributed by atoms with Crippen LogP contribution in [0.2, 0.25) is 0 Å². The standard InChI is InChI=1S/C19H31N3O4/c1-13(2)8-10-21-11-15(20-12-21)16(23)14-7-6-9-22(17(14)24)18(25)26-19(3,4)5/h11-14,16,23H,6-10H2,1-5H3. The number of imidazole rings is 1. The predicted octanol–water partition coefficient (Wildman–Crippen LogP) is 3.14. The van der Waals surface area contributed by atoms with Gasteiger partial charge >= 0.3 is 6.09 Å². The van der Waals surface area contributed by atoms with Gasteiger partial charge < -0.3 is 14.4 Å². The Bertz CT molecular complexity index is 633. The van der Waals surface area contributed by atoms with Gasteiger partial charge in [0.25, 0.3) is 0 Å². The van der Waals surface area contributed by atoms with Crippen molar-refractivity contribution >= 4 is 12.0 Å². The van der Waals surface area contributed by atoms with Crippen molar-refractivity contribution in [1.82, 2.24) is 14.5 Å². The van der Waals surface area contributed by atoms with Crippen molar-refractivity contribution in [1.29, 1.82) is 0 Å². The molecule has 0 radical (unpaired) electrons. The summed E-state index contributed by atoms with van der Waals surface area (Å²) >= 11 is 0. The van der Waals surface area contributed by atoms with Crippen LogP contribution in [0.5, 0.6) is 0 Å². The number of aryl methyl sites for hydroxylation is 1. The molecule has 2 heterocycles. The number of nitrogens with zero attached hydrogens (tertiary/aromatic N) is 3. The van der Waals surface area contributed by atoms with Crippen molar-refractivity contribution in [2.24, 2.45) is 11.8 Å². The van der Waals surface area contributed by atoms with Crippen LogP contribution in [0.1, 0.15) is 65.7 Å². The van der Waals surface area contributed by atoms with Gasteiger partial charge in [-0.1, -0.05) is 13.8 Å². The number of piperidine rings is 1. The largest absolute Gasteiger partial charge is 0.443 e. The molecular formula is C19H31N3O4. The van der Waals surface area contributed by atoms with Crippen LogP contribution in [0, 0.1) is 11.8 Å². The van der Waals surface area contributed by atoms with Crippen LogP contribution in [-0.2, 0) is 16.1 Å². The summed E-state index contributed by atoms with van der Waals surface area (Å²) in [7, 11) is 0. The van der Waals surface area contributed by atoms with Gasteiger partial charge in [-0.05, 0) is 46.0 Å². The van der Waals surface area contributed by atoms with Crippen molar-refractivity contribution < 1.29 is 19.4 Å². The third-order valence-electron chi connectivity index (χ3n) is 4.40. The Kier molecular flexibility index (Phi) is 6.44. The number of hydrogen-bond donors (Lipinski definition) is 1. The van der Waals surface area contributed by atoms with Gasteiger partial charge in [-0.25, -0.2) is 14.7 Å². The molecule has 146 valence electrons. The third kappa shape index (κ3) is 5.30. The highest BCUT2D eigenvalue weighted by atomic mass is 16.6. The second-order valence-electron chi connectivity index (χ2n) is 8.38. The van der Waals surface area contributed by atoms with E-state index in [0.29, 0.717) is 31.0 Å². The zero-order valence-corrected chi connectivity index (χ0v) is 16.4. The zero-order chi connectivity index (χ0) is 19.5. The molecule has 0 saturated carbocycles. The number of carbonyl (C=O) groups excluding carboxylic acids is 2. The fraction of sp³-hybridized carbons (Fsp3) is 0.737. The van der Waals surface area contributed by atoms with Crippen LogP contribution in [0.15, 0.2) is 12.5 Å². The summed E-state index contributed by atoms with van der Waals surface area (Å²) in [5.74, 6) is -0.493. The first-order valence-corrected chi connectivity index (χ1v) is 9.32. The molecule has 2 atom stereocenters. The van der Waals surface area contributed by atoms with E-state index >= 15 is 0 Å². The lowest BCUT2D eigenvalue weighted by Crippen LogP contribution is -2.48. The van der Waals surface area contributed by atoms with E-state index in [1.807, 2.05) is 4.57 Å². The third-order valence-corrected chi connectivity index (χ3v) is 4.40. The Labute approximate surface area is 155 Å². The zero-order valence-electron chi connectivity index (χ0n) is 16.4. The first kappa shape index (κ1) is 20.4. The molecule has 0 bridgehead atoms. The van der Waals surface area contributed by atoms with E-state index in [0.717, 1.165) is 17.9 Å². The number of carbonyl (C=O) groups is 2. The lowest BCUT2D eigenvalue weighted by atomic mass is 9.90. The number of aliphatic hydroxyl groups excluding tert-OH is 1. The Morgan fingerprint density at radius 3 is 2.73 bits per heavy atom. The minimum Gasteiger partial charge on any atom is -0.443 e. The molecule has 7 heteroatoms. The molecule has 1 fully saturated rings. The summed E-state index contributed by atoms with van der Waals surface area (Å²) in [6.07, 6.45) is 3.97. The van der Waals surface area contributed by atoms with Gasteiger partial charge in [0, 0.05) is 19.3 Å². The van der Waals surface area contributed by atoms with Crippen molar-refractivity contribution in [3.05, 3.63) is 18.2 Å². The van der Waals surface area contributed by atoms with Crippen molar-refractivity contribution in [2.75, 3.05) is 6.54 Å². The molecule has 7 nitrogen and oxygen atoms in total. The van der Waals surface area contributed by atoms with Gasteiger partial charge in [0.2, 0.25) is 5.91 Å². The highest BCUT2D eigenvalue weighted by molar-refractivity contribution is 5.94. The van der Waals surface area contributed by atoms with Gasteiger partial charge in [0.05, 0.1) is 17.9 Å². The maximum Gasteiger partial charge on any atom is 0.417 e. The molecule has 0 aliphatic carbocycles. The second-order valence-corrected chi connectivity index (χ2v) is 8.38. The topological polar surface area (TPSA) is 84.7 Å².